The van der Waals surface area contributed by atoms with E-state index in [4.69, 9.17) is 5.11 Å². The van der Waals surface area contributed by atoms with E-state index in [1.807, 2.05) is 6.08 Å². The molecule has 0 radical (unpaired) electrons. The first kappa shape index (κ1) is 20.2. The molecule has 0 saturated carbocycles. The van der Waals surface area contributed by atoms with Gasteiger partial charge in [-0.1, -0.05) is 0 Å². The van der Waals surface area contributed by atoms with E-state index in [0.29, 0.717) is 0 Å². The third kappa shape index (κ3) is 9.17. The molecule has 0 spiro atoms. The Balaban J connectivity index is 4.91. The van der Waals surface area contributed by atoms with Gasteiger partial charge in [0.15, 0.2) is 0 Å². The minimum atomic E-state index is -2.25. The van der Waals surface area contributed by atoms with Crippen molar-refractivity contribution in [1.82, 2.24) is 0 Å². The third-order valence-corrected chi connectivity index (χ3v) is 18.1. The van der Waals surface area contributed by atoms with E-state index in [1.54, 1.807) is 0 Å². The number of hydrogen-bond acceptors (Lipinski definition) is 1. The van der Waals surface area contributed by atoms with E-state index in [2.05, 4.69) is 24.9 Å². The van der Waals surface area contributed by atoms with Crippen LogP contribution < -0.4 is 0 Å². The number of hydrogen-bond donors (Lipinski definition) is 1. The molecule has 0 rings (SSSR count). The number of aliphatic hydroxyl groups is 1. The summed E-state index contributed by atoms with van der Waals surface area (Å²) in [6.07, 6.45) is 11.1. The molecule has 0 aliphatic rings. The Morgan fingerprint density at radius 2 is 1.40 bits per heavy atom. The van der Waals surface area contributed by atoms with Gasteiger partial charge in [-0.15, -0.1) is 0 Å². The Kier molecular flexibility index (Phi) is 13.0. The number of halogens is 1. The molecule has 20 heavy (non-hydrogen) atoms. The van der Waals surface area contributed by atoms with Gasteiger partial charge in [0.2, 0.25) is 0 Å². The van der Waals surface area contributed by atoms with Gasteiger partial charge in [0.05, 0.1) is 0 Å². The number of rotatable bonds is 12. The molecule has 0 unspecified atom stereocenters. The van der Waals surface area contributed by atoms with Gasteiger partial charge in [-0.3, -0.25) is 0 Å². The fraction of sp³-hybridized carbons (Fsp3) is 0.765. The third-order valence-electron chi connectivity index (χ3n) is 3.96. The second-order valence-corrected chi connectivity index (χ2v) is 18.8. The van der Waals surface area contributed by atoms with Gasteiger partial charge in [-0.25, -0.2) is 0 Å². The Labute approximate surface area is 129 Å². The van der Waals surface area contributed by atoms with Crippen molar-refractivity contribution in [3.63, 3.8) is 0 Å². The van der Waals surface area contributed by atoms with Crippen LogP contribution in [-0.4, -0.2) is 30.1 Å². The molecule has 0 bridgehead atoms. The summed E-state index contributed by atoms with van der Waals surface area (Å²) in [5.41, 5.74) is 0. The fourth-order valence-electron chi connectivity index (χ4n) is 2.62. The van der Waals surface area contributed by atoms with Crippen LogP contribution in [0.5, 0.6) is 0 Å². The molecule has 0 aromatic carbocycles. The van der Waals surface area contributed by atoms with Crippen LogP contribution in [0.25, 0.3) is 0 Å². The standard InChI is InChI=1S/C5H6FO.3C4H9.Sn/c1-2-3-5(6)4-7;3*1-3-4-2;/h1-3,7H,4H2;3*1,3-4H2,2H3;/b2-1?,5-3-;;;;. The summed E-state index contributed by atoms with van der Waals surface area (Å²) in [4.78, 5) is 0. The van der Waals surface area contributed by atoms with Crippen molar-refractivity contribution in [2.24, 2.45) is 0 Å². The topological polar surface area (TPSA) is 20.2 Å². The zero-order valence-electron chi connectivity index (χ0n) is 13.6. The van der Waals surface area contributed by atoms with Crippen LogP contribution in [0.4, 0.5) is 4.39 Å². The van der Waals surface area contributed by atoms with Crippen molar-refractivity contribution in [2.75, 3.05) is 6.61 Å². The second-order valence-electron chi connectivity index (χ2n) is 5.80. The molecule has 0 aliphatic heterocycles. The van der Waals surface area contributed by atoms with E-state index in [1.165, 1.54) is 57.9 Å². The first-order valence-electron chi connectivity index (χ1n) is 8.28. The van der Waals surface area contributed by atoms with Crippen LogP contribution in [0.15, 0.2) is 22.1 Å². The van der Waals surface area contributed by atoms with Crippen LogP contribution in [-0.2, 0) is 0 Å². The first-order valence-corrected chi connectivity index (χ1v) is 16.0. The number of allylic oxidation sites excluding steroid dienone is 2. The summed E-state index contributed by atoms with van der Waals surface area (Å²) in [5, 5.41) is 8.73. The molecular formula is C17H33FOSn. The van der Waals surface area contributed by atoms with Gasteiger partial charge in [-0.2, -0.15) is 0 Å². The summed E-state index contributed by atoms with van der Waals surface area (Å²) in [6, 6.07) is 0. The average Bonchev–Trinajstić information content (AvgIpc) is 2.48. The van der Waals surface area contributed by atoms with Gasteiger partial charge in [0.1, 0.15) is 0 Å². The average molecular weight is 391 g/mol. The summed E-state index contributed by atoms with van der Waals surface area (Å²) < 4.78 is 19.7. The quantitative estimate of drug-likeness (QED) is 0.331. The SMILES string of the molecule is CCC[CH2][Sn](/[CH]=C/C=C(\F)CO)([CH2]CCC)[CH2]CCC. The van der Waals surface area contributed by atoms with Gasteiger partial charge >= 0.3 is 129 Å². The summed E-state index contributed by atoms with van der Waals surface area (Å²) in [6.45, 7) is 6.29. The Morgan fingerprint density at radius 3 is 1.75 bits per heavy atom. The molecule has 0 aromatic rings. The van der Waals surface area contributed by atoms with Crippen LogP contribution in [0.2, 0.25) is 13.3 Å². The van der Waals surface area contributed by atoms with Crippen molar-refractivity contribution in [2.45, 2.75) is 72.6 Å². The van der Waals surface area contributed by atoms with Crippen molar-refractivity contribution in [3.8, 4) is 0 Å². The predicted octanol–water partition coefficient (Wildman–Crippen LogP) is 5.78. The Hall–Kier alpha value is 0.169. The fourth-order valence-corrected chi connectivity index (χ4v) is 16.7. The monoisotopic (exact) mass is 392 g/mol. The van der Waals surface area contributed by atoms with Crippen LogP contribution in [0.3, 0.4) is 0 Å². The van der Waals surface area contributed by atoms with Gasteiger partial charge in [0, 0.05) is 0 Å². The first-order chi connectivity index (χ1) is 9.64. The summed E-state index contributed by atoms with van der Waals surface area (Å²) in [5.74, 6) is -0.428. The van der Waals surface area contributed by atoms with E-state index < -0.39 is 30.8 Å². The molecular weight excluding hydrogens is 358 g/mol. The van der Waals surface area contributed by atoms with Crippen molar-refractivity contribution < 1.29 is 9.50 Å². The van der Waals surface area contributed by atoms with Crippen molar-refractivity contribution in [1.29, 1.82) is 0 Å². The maximum atomic E-state index is 13.0. The van der Waals surface area contributed by atoms with Crippen LogP contribution >= 0.6 is 0 Å². The van der Waals surface area contributed by atoms with Gasteiger partial charge < -0.3 is 0 Å². The molecule has 0 atom stereocenters. The molecule has 0 aliphatic carbocycles. The van der Waals surface area contributed by atoms with Crippen molar-refractivity contribution in [3.05, 3.63) is 22.1 Å². The van der Waals surface area contributed by atoms with E-state index in [9.17, 15) is 4.39 Å². The molecule has 0 aromatic heterocycles. The minimum absolute atomic E-state index is 0.428. The zero-order valence-corrected chi connectivity index (χ0v) is 16.5. The molecule has 118 valence electrons. The molecule has 0 amide bonds. The van der Waals surface area contributed by atoms with Gasteiger partial charge in [-0.05, 0) is 0 Å². The molecule has 3 heteroatoms. The van der Waals surface area contributed by atoms with Crippen molar-refractivity contribution >= 4 is 18.4 Å². The number of aliphatic hydroxyl groups excluding tert-OH is 1. The molecule has 0 fully saturated rings. The van der Waals surface area contributed by atoms with E-state index >= 15 is 0 Å². The normalized spacial score (nSPS) is 13.3. The Bertz CT molecular complexity index is 265. The predicted molar refractivity (Wildman–Crippen MR) is 90.3 cm³/mol. The zero-order chi connectivity index (χ0) is 15.3. The molecule has 1 nitrogen and oxygen atoms in total. The Morgan fingerprint density at radius 1 is 0.950 bits per heavy atom. The molecule has 0 saturated heterocycles. The van der Waals surface area contributed by atoms with Crippen LogP contribution in [0.1, 0.15) is 59.3 Å². The van der Waals surface area contributed by atoms with Crippen LogP contribution in [0, 0.1) is 0 Å². The molecule has 0 heterocycles. The van der Waals surface area contributed by atoms with Gasteiger partial charge in [0.25, 0.3) is 0 Å². The maximum absolute atomic E-state index is 13.0. The number of unbranched alkanes of at least 4 members (excludes halogenated alkanes) is 3. The van der Waals surface area contributed by atoms with E-state index in [0.717, 1.165) is 0 Å². The second kappa shape index (κ2) is 12.9. The summed E-state index contributed by atoms with van der Waals surface area (Å²) >= 11 is -2.25. The molecule has 1 N–H and O–H groups in total. The summed E-state index contributed by atoms with van der Waals surface area (Å²) in [7, 11) is 0. The van der Waals surface area contributed by atoms with E-state index in [-0.39, 0.29) is 0 Å².